The molecule has 0 saturated heterocycles. The van der Waals surface area contributed by atoms with Crippen molar-refractivity contribution in [1.29, 1.82) is 0 Å². The van der Waals surface area contributed by atoms with Crippen molar-refractivity contribution >= 4 is 32.8 Å². The fourth-order valence-corrected chi connectivity index (χ4v) is 4.70. The summed E-state index contributed by atoms with van der Waals surface area (Å²) in [4.78, 5) is 17.8. The van der Waals surface area contributed by atoms with Gasteiger partial charge in [-0.1, -0.05) is 24.3 Å². The number of nitrogens with zero attached hydrogens (tertiary/aromatic N) is 1. The van der Waals surface area contributed by atoms with Crippen molar-refractivity contribution in [3.8, 4) is 21.7 Å². The Morgan fingerprint density at radius 2 is 1.42 bits per heavy atom. The second-order valence-electron chi connectivity index (χ2n) is 7.11. The fraction of sp³-hybridized carbons (Fsp3) is 0.0435. The number of benzene rings is 3. The molecule has 5 nitrogen and oxygen atoms in total. The van der Waals surface area contributed by atoms with Gasteiger partial charge in [0.25, 0.3) is 5.91 Å². The molecule has 0 aliphatic heterocycles. The van der Waals surface area contributed by atoms with Crippen LogP contribution < -0.4 is 5.32 Å². The van der Waals surface area contributed by atoms with E-state index in [4.69, 9.17) is 0 Å². The molecule has 0 aliphatic carbocycles. The lowest BCUT2D eigenvalue weighted by Gasteiger charge is -2.04. The quantitative estimate of drug-likeness (QED) is 0.400. The molecule has 4 aromatic rings. The number of rotatable bonds is 5. The van der Waals surface area contributed by atoms with E-state index < -0.39 is 33.2 Å². The molecule has 1 N–H and O–H groups in total. The second kappa shape index (κ2) is 8.80. The van der Waals surface area contributed by atoms with Crippen LogP contribution in [0, 0.1) is 17.5 Å². The number of nitrogens with one attached hydrogen (secondary N) is 1. The minimum atomic E-state index is -3.40. The monoisotopic (exact) mass is 488 g/mol. The van der Waals surface area contributed by atoms with E-state index >= 15 is 0 Å². The van der Waals surface area contributed by atoms with Crippen LogP contribution in [-0.4, -0.2) is 25.6 Å². The van der Waals surface area contributed by atoms with Crippen LogP contribution in [0.4, 0.5) is 18.9 Å². The molecule has 0 bridgehead atoms. The van der Waals surface area contributed by atoms with Crippen molar-refractivity contribution < 1.29 is 26.4 Å². The van der Waals surface area contributed by atoms with Crippen molar-refractivity contribution in [3.63, 3.8) is 0 Å². The first-order valence-electron chi connectivity index (χ1n) is 9.45. The van der Waals surface area contributed by atoms with Crippen LogP contribution in [-0.2, 0) is 9.84 Å². The molecule has 1 heterocycles. The lowest BCUT2D eigenvalue weighted by atomic mass is 10.1. The van der Waals surface area contributed by atoms with E-state index in [1.54, 1.807) is 12.1 Å². The van der Waals surface area contributed by atoms with Crippen molar-refractivity contribution in [2.75, 3.05) is 11.6 Å². The molecule has 168 valence electrons. The first-order valence-corrected chi connectivity index (χ1v) is 12.2. The zero-order chi connectivity index (χ0) is 23.8. The third-order valence-corrected chi connectivity index (χ3v) is 6.84. The Kier molecular flexibility index (Phi) is 6.05. The zero-order valence-electron chi connectivity index (χ0n) is 17.0. The van der Waals surface area contributed by atoms with Crippen LogP contribution in [0.2, 0.25) is 0 Å². The fourth-order valence-electron chi connectivity index (χ4n) is 3.08. The second-order valence-corrected chi connectivity index (χ2v) is 10.1. The van der Waals surface area contributed by atoms with E-state index in [1.165, 1.54) is 36.4 Å². The average molecular weight is 489 g/mol. The Balaban J connectivity index is 1.76. The van der Waals surface area contributed by atoms with Crippen LogP contribution in [0.1, 0.15) is 9.80 Å². The maximum atomic E-state index is 13.5. The van der Waals surface area contributed by atoms with Crippen LogP contribution in [0.25, 0.3) is 21.7 Å². The van der Waals surface area contributed by atoms with E-state index in [2.05, 4.69) is 10.3 Å². The van der Waals surface area contributed by atoms with E-state index in [9.17, 15) is 26.4 Å². The molecule has 0 aliphatic rings. The van der Waals surface area contributed by atoms with Gasteiger partial charge in [-0.05, 0) is 42.0 Å². The van der Waals surface area contributed by atoms with Crippen molar-refractivity contribution in [2.24, 2.45) is 0 Å². The van der Waals surface area contributed by atoms with Crippen LogP contribution in [0.15, 0.2) is 71.6 Å². The topological polar surface area (TPSA) is 76.1 Å². The summed E-state index contributed by atoms with van der Waals surface area (Å²) in [5.41, 5.74) is 1.43. The predicted octanol–water partition coefficient (Wildman–Crippen LogP) is 5.55. The third kappa shape index (κ3) is 5.12. The average Bonchev–Trinajstić information content (AvgIpc) is 3.19. The molecule has 0 unspecified atom stereocenters. The van der Waals surface area contributed by atoms with Gasteiger partial charge in [-0.15, -0.1) is 11.3 Å². The first-order chi connectivity index (χ1) is 15.6. The third-order valence-electron chi connectivity index (χ3n) is 4.60. The molecule has 4 rings (SSSR count). The van der Waals surface area contributed by atoms with Gasteiger partial charge in [-0.3, -0.25) is 4.79 Å². The SMILES string of the molecule is CS(=O)(=O)c1ccc(-c2nc(C(=O)Nc3cc(F)cc(F)c3)sc2-c2ccc(F)cc2)cc1. The van der Waals surface area contributed by atoms with Crippen LogP contribution >= 0.6 is 11.3 Å². The number of aromatic nitrogens is 1. The minimum absolute atomic E-state index is 0.00110. The molecular weight excluding hydrogens is 473 g/mol. The molecule has 3 aromatic carbocycles. The van der Waals surface area contributed by atoms with Gasteiger partial charge < -0.3 is 5.32 Å². The highest BCUT2D eigenvalue weighted by atomic mass is 32.2. The number of carbonyl (C=O) groups excluding carboxylic acids is 1. The highest BCUT2D eigenvalue weighted by molar-refractivity contribution is 7.90. The van der Waals surface area contributed by atoms with E-state index in [0.717, 1.165) is 29.7 Å². The maximum absolute atomic E-state index is 13.5. The molecular formula is C23H15F3N2O3S2. The molecule has 0 fully saturated rings. The normalized spacial score (nSPS) is 11.4. The smallest absolute Gasteiger partial charge is 0.284 e. The highest BCUT2D eigenvalue weighted by Gasteiger charge is 2.20. The molecule has 10 heteroatoms. The summed E-state index contributed by atoms with van der Waals surface area (Å²) in [6.45, 7) is 0. The van der Waals surface area contributed by atoms with Crippen LogP contribution in [0.5, 0.6) is 0 Å². The Morgan fingerprint density at radius 1 is 0.848 bits per heavy atom. The van der Waals surface area contributed by atoms with Gasteiger partial charge in [0.2, 0.25) is 0 Å². The van der Waals surface area contributed by atoms with Gasteiger partial charge in [0.05, 0.1) is 15.5 Å². The first kappa shape index (κ1) is 22.7. The standard InChI is InChI=1S/C23H15F3N2O3S2/c1-33(30,31)19-8-4-13(5-9-19)20-21(14-2-6-15(24)7-3-14)32-23(28-20)22(29)27-18-11-16(25)10-17(26)12-18/h2-12H,1H3,(H,27,29). The number of amides is 1. The molecule has 0 spiro atoms. The van der Waals surface area contributed by atoms with E-state index in [-0.39, 0.29) is 15.6 Å². The molecule has 0 radical (unpaired) electrons. The van der Waals surface area contributed by atoms with Crippen molar-refractivity contribution in [1.82, 2.24) is 4.98 Å². The van der Waals surface area contributed by atoms with E-state index in [1.807, 2.05) is 0 Å². The van der Waals surface area contributed by atoms with Crippen LogP contribution in [0.3, 0.4) is 0 Å². The van der Waals surface area contributed by atoms with Gasteiger partial charge in [-0.25, -0.2) is 26.6 Å². The van der Waals surface area contributed by atoms with E-state index in [0.29, 0.717) is 27.8 Å². The summed E-state index contributed by atoms with van der Waals surface area (Å²) >= 11 is 1.01. The highest BCUT2D eigenvalue weighted by Crippen LogP contribution is 2.37. The van der Waals surface area contributed by atoms with Crippen molar-refractivity contribution in [3.05, 3.63) is 89.2 Å². The van der Waals surface area contributed by atoms with Gasteiger partial charge in [0, 0.05) is 23.6 Å². The number of hydrogen-bond acceptors (Lipinski definition) is 5. The Labute approximate surface area is 191 Å². The number of anilines is 1. The Bertz CT molecular complexity index is 1430. The molecule has 1 aromatic heterocycles. The predicted molar refractivity (Wildman–Crippen MR) is 120 cm³/mol. The largest absolute Gasteiger partial charge is 0.320 e. The minimum Gasteiger partial charge on any atom is -0.320 e. The summed E-state index contributed by atoms with van der Waals surface area (Å²) in [7, 11) is -3.40. The van der Waals surface area contributed by atoms with Gasteiger partial charge in [0.1, 0.15) is 17.5 Å². The Morgan fingerprint density at radius 3 is 2.00 bits per heavy atom. The summed E-state index contributed by atoms with van der Waals surface area (Å²) in [6, 6.07) is 14.2. The molecule has 0 atom stereocenters. The summed E-state index contributed by atoms with van der Waals surface area (Å²) < 4.78 is 63.9. The summed E-state index contributed by atoms with van der Waals surface area (Å²) in [5, 5.41) is 2.41. The van der Waals surface area contributed by atoms with Gasteiger partial charge >= 0.3 is 0 Å². The summed E-state index contributed by atoms with van der Waals surface area (Å²) in [5.74, 6) is -2.81. The number of thiazole rings is 1. The van der Waals surface area contributed by atoms with Gasteiger partial charge in [0.15, 0.2) is 14.8 Å². The molecule has 1 amide bonds. The molecule has 33 heavy (non-hydrogen) atoms. The maximum Gasteiger partial charge on any atom is 0.284 e. The van der Waals surface area contributed by atoms with Gasteiger partial charge in [-0.2, -0.15) is 0 Å². The van der Waals surface area contributed by atoms with Crippen molar-refractivity contribution in [2.45, 2.75) is 4.90 Å². The zero-order valence-corrected chi connectivity index (χ0v) is 18.6. The lowest BCUT2D eigenvalue weighted by molar-refractivity contribution is 0.102. The lowest BCUT2D eigenvalue weighted by Crippen LogP contribution is -2.12. The number of halogens is 3. The Hall–Kier alpha value is -3.50. The molecule has 0 saturated carbocycles. The number of carbonyl (C=O) groups is 1. The number of sulfone groups is 1. The number of hydrogen-bond donors (Lipinski definition) is 1. The summed E-state index contributed by atoms with van der Waals surface area (Å²) in [6.07, 6.45) is 1.09.